The minimum absolute atomic E-state index is 0.213. The molecule has 1 aromatic carbocycles. The van der Waals surface area contributed by atoms with Gasteiger partial charge in [0.2, 0.25) is 5.91 Å². The molecular formula is C25H26N8O. The van der Waals surface area contributed by atoms with E-state index in [1.807, 2.05) is 41.2 Å². The Hall–Kier alpha value is -4.11. The summed E-state index contributed by atoms with van der Waals surface area (Å²) in [5, 5.41) is 10.9. The fourth-order valence-corrected chi connectivity index (χ4v) is 4.24. The Morgan fingerprint density at radius 2 is 1.91 bits per heavy atom. The third-order valence-electron chi connectivity index (χ3n) is 6.01. The summed E-state index contributed by atoms with van der Waals surface area (Å²) >= 11 is 0. The molecule has 0 bridgehead atoms. The molecule has 1 aliphatic rings. The number of amides is 1. The minimum atomic E-state index is -0.742. The molecule has 0 aliphatic carbocycles. The number of aromatic nitrogens is 5. The highest BCUT2D eigenvalue weighted by molar-refractivity contribution is 5.98. The van der Waals surface area contributed by atoms with Crippen molar-refractivity contribution in [3.8, 4) is 11.3 Å². The second-order valence-corrected chi connectivity index (χ2v) is 8.29. The maximum Gasteiger partial charge on any atom is 0.238 e. The summed E-state index contributed by atoms with van der Waals surface area (Å²) in [6.07, 6.45) is 10.7. The van der Waals surface area contributed by atoms with Crippen molar-refractivity contribution in [2.45, 2.75) is 24.8 Å². The van der Waals surface area contributed by atoms with Gasteiger partial charge in [-0.15, -0.1) is 0 Å². The molecule has 9 nitrogen and oxygen atoms in total. The quantitative estimate of drug-likeness (QED) is 0.409. The van der Waals surface area contributed by atoms with E-state index < -0.39 is 5.92 Å². The monoisotopic (exact) mass is 454 g/mol. The molecule has 4 aromatic rings. The predicted octanol–water partition coefficient (Wildman–Crippen LogP) is 3.01. The van der Waals surface area contributed by atoms with Crippen LogP contribution in [0.25, 0.3) is 11.3 Å². The number of carbonyl (C=O) groups excluding carboxylic acids is 1. The number of rotatable bonds is 6. The van der Waals surface area contributed by atoms with E-state index in [1.54, 1.807) is 36.9 Å². The van der Waals surface area contributed by atoms with Crippen LogP contribution in [0.5, 0.6) is 0 Å². The van der Waals surface area contributed by atoms with Crippen molar-refractivity contribution < 1.29 is 4.79 Å². The first-order valence-corrected chi connectivity index (χ1v) is 11.3. The van der Waals surface area contributed by atoms with Crippen LogP contribution in [-0.4, -0.2) is 43.7 Å². The topological polar surface area (TPSA) is 124 Å². The average molecular weight is 455 g/mol. The zero-order chi connectivity index (χ0) is 23.3. The highest BCUT2D eigenvalue weighted by Crippen LogP contribution is 2.30. The van der Waals surface area contributed by atoms with Crippen LogP contribution in [0.15, 0.2) is 73.4 Å². The summed E-state index contributed by atoms with van der Waals surface area (Å²) in [5.74, 6) is -0.791. The van der Waals surface area contributed by atoms with Crippen LogP contribution in [-0.2, 0) is 4.79 Å². The van der Waals surface area contributed by atoms with Gasteiger partial charge in [-0.1, -0.05) is 30.3 Å². The van der Waals surface area contributed by atoms with Crippen molar-refractivity contribution in [2.24, 2.45) is 0 Å². The number of pyridine rings is 1. The minimum Gasteiger partial charge on any atom is -0.382 e. The predicted molar refractivity (Wildman–Crippen MR) is 130 cm³/mol. The van der Waals surface area contributed by atoms with Crippen LogP contribution >= 0.6 is 0 Å². The Morgan fingerprint density at radius 1 is 1.09 bits per heavy atom. The highest BCUT2D eigenvalue weighted by Gasteiger charge is 2.28. The molecule has 1 aliphatic heterocycles. The molecule has 4 heterocycles. The summed E-state index contributed by atoms with van der Waals surface area (Å²) in [4.78, 5) is 26.7. The number of benzene rings is 1. The Balaban J connectivity index is 1.50. The maximum atomic E-state index is 13.4. The number of piperidine rings is 1. The first kappa shape index (κ1) is 21.7. The van der Waals surface area contributed by atoms with E-state index in [0.29, 0.717) is 23.1 Å². The summed E-state index contributed by atoms with van der Waals surface area (Å²) in [6, 6.07) is 13.4. The lowest BCUT2D eigenvalue weighted by molar-refractivity contribution is -0.116. The number of nitrogens with one attached hydrogen (secondary N) is 2. The van der Waals surface area contributed by atoms with Gasteiger partial charge in [-0.05, 0) is 43.6 Å². The molecule has 3 aromatic heterocycles. The molecule has 0 unspecified atom stereocenters. The number of nitrogens with two attached hydrogens (primary N) is 1. The molecule has 1 saturated heterocycles. The summed E-state index contributed by atoms with van der Waals surface area (Å²) < 4.78 is 2.00. The lowest BCUT2D eigenvalue weighted by atomic mass is 9.94. The van der Waals surface area contributed by atoms with E-state index >= 15 is 0 Å². The summed E-state index contributed by atoms with van der Waals surface area (Å²) in [7, 11) is 0. The number of carbonyl (C=O) groups is 1. The molecule has 1 fully saturated rings. The molecule has 9 heteroatoms. The number of nitrogen functional groups attached to an aromatic ring is 1. The molecule has 1 amide bonds. The molecule has 34 heavy (non-hydrogen) atoms. The van der Waals surface area contributed by atoms with Crippen molar-refractivity contribution in [3.63, 3.8) is 0 Å². The second kappa shape index (κ2) is 9.80. The molecule has 172 valence electrons. The highest BCUT2D eigenvalue weighted by atomic mass is 16.1. The second-order valence-electron chi connectivity index (χ2n) is 8.29. The SMILES string of the molecule is Nc1ncc(-c2cnn(C3CCNCC3)c2)nc1[C@H](C(=O)Nc1cccnc1)c1ccccc1. The van der Waals surface area contributed by atoms with E-state index in [4.69, 9.17) is 10.7 Å². The van der Waals surface area contributed by atoms with Gasteiger partial charge in [0.1, 0.15) is 17.4 Å². The molecule has 0 saturated carbocycles. The Labute approximate surface area is 197 Å². The number of anilines is 2. The van der Waals surface area contributed by atoms with Crippen molar-refractivity contribution in [1.82, 2.24) is 30.0 Å². The number of hydrogen-bond acceptors (Lipinski definition) is 7. The van der Waals surface area contributed by atoms with Crippen molar-refractivity contribution >= 4 is 17.4 Å². The third kappa shape index (κ3) is 4.65. The fraction of sp³-hybridized carbons (Fsp3) is 0.240. The molecular weight excluding hydrogens is 428 g/mol. The number of hydrogen-bond donors (Lipinski definition) is 3. The number of nitrogens with zero attached hydrogens (tertiary/aromatic N) is 5. The third-order valence-corrected chi connectivity index (χ3v) is 6.01. The fourth-order valence-electron chi connectivity index (χ4n) is 4.24. The van der Waals surface area contributed by atoms with Gasteiger partial charge in [-0.25, -0.2) is 9.97 Å². The van der Waals surface area contributed by atoms with E-state index in [-0.39, 0.29) is 11.7 Å². The molecule has 1 atom stereocenters. The lowest BCUT2D eigenvalue weighted by Gasteiger charge is -2.22. The summed E-state index contributed by atoms with van der Waals surface area (Å²) in [5.41, 5.74) is 9.50. The zero-order valence-electron chi connectivity index (χ0n) is 18.6. The average Bonchev–Trinajstić information content (AvgIpc) is 3.38. The normalized spacial score (nSPS) is 15.1. The Kier molecular flexibility index (Phi) is 6.26. The van der Waals surface area contributed by atoms with Gasteiger partial charge in [0.25, 0.3) is 0 Å². The van der Waals surface area contributed by atoms with Crippen LogP contribution in [0.4, 0.5) is 11.5 Å². The standard InChI is InChI=1S/C25H26N8O/c26-24-23(22(17-5-2-1-3-6-17)25(34)31-19-7-4-10-28-14-19)32-21(15-29-24)18-13-30-33(16-18)20-8-11-27-12-9-20/h1-7,10,13-16,20,22,27H,8-9,11-12H2,(H2,26,29)(H,31,34)/t22-/m1/s1. The first-order chi connectivity index (χ1) is 16.7. The van der Waals surface area contributed by atoms with Crippen molar-refractivity contribution in [1.29, 1.82) is 0 Å². The van der Waals surface area contributed by atoms with E-state index in [9.17, 15) is 4.79 Å². The Bertz CT molecular complexity index is 1250. The largest absolute Gasteiger partial charge is 0.382 e. The van der Waals surface area contributed by atoms with E-state index in [2.05, 4.69) is 25.7 Å². The molecule has 0 spiro atoms. The van der Waals surface area contributed by atoms with Crippen molar-refractivity contribution in [2.75, 3.05) is 24.1 Å². The first-order valence-electron chi connectivity index (χ1n) is 11.3. The van der Waals surface area contributed by atoms with Gasteiger partial charge in [-0.2, -0.15) is 5.10 Å². The van der Waals surface area contributed by atoms with E-state index in [0.717, 1.165) is 37.1 Å². The van der Waals surface area contributed by atoms with Crippen LogP contribution in [0, 0.1) is 0 Å². The van der Waals surface area contributed by atoms with Gasteiger partial charge in [0.05, 0.1) is 36.0 Å². The maximum absolute atomic E-state index is 13.4. The Morgan fingerprint density at radius 3 is 2.68 bits per heavy atom. The lowest BCUT2D eigenvalue weighted by Crippen LogP contribution is -2.29. The van der Waals surface area contributed by atoms with Crippen LogP contribution in [0.3, 0.4) is 0 Å². The summed E-state index contributed by atoms with van der Waals surface area (Å²) in [6.45, 7) is 1.97. The van der Waals surface area contributed by atoms with Gasteiger partial charge >= 0.3 is 0 Å². The van der Waals surface area contributed by atoms with Gasteiger partial charge < -0.3 is 16.4 Å². The van der Waals surface area contributed by atoms with Crippen LogP contribution < -0.4 is 16.4 Å². The van der Waals surface area contributed by atoms with Crippen LogP contribution in [0.1, 0.15) is 36.1 Å². The van der Waals surface area contributed by atoms with Gasteiger partial charge in [0, 0.05) is 18.0 Å². The van der Waals surface area contributed by atoms with Crippen LogP contribution in [0.2, 0.25) is 0 Å². The molecule has 4 N–H and O–H groups in total. The molecule has 0 radical (unpaired) electrons. The molecule has 5 rings (SSSR count). The van der Waals surface area contributed by atoms with Crippen molar-refractivity contribution in [3.05, 3.63) is 84.7 Å². The zero-order valence-corrected chi connectivity index (χ0v) is 18.6. The van der Waals surface area contributed by atoms with E-state index in [1.165, 1.54) is 0 Å². The smallest absolute Gasteiger partial charge is 0.238 e. The van der Waals surface area contributed by atoms with Gasteiger partial charge in [-0.3, -0.25) is 14.5 Å². The van der Waals surface area contributed by atoms with Gasteiger partial charge in [0.15, 0.2) is 0 Å².